The van der Waals surface area contributed by atoms with Crippen LogP contribution in [0.5, 0.6) is 5.75 Å². The van der Waals surface area contributed by atoms with Gasteiger partial charge >= 0.3 is 272 Å². The normalized spacial score (nSPS) is 11.7. The fourth-order valence-electron chi connectivity index (χ4n) is 11.3. The summed E-state index contributed by atoms with van der Waals surface area (Å²) < 4.78 is 44.3. The van der Waals surface area contributed by atoms with Gasteiger partial charge in [-0.15, -0.1) is 0 Å². The van der Waals surface area contributed by atoms with Gasteiger partial charge in [0.25, 0.3) is 0 Å². The maximum absolute atomic E-state index is 14.6. The molecule has 11 aromatic carbocycles. The number of anilines is 3. The minimum absolute atomic E-state index is 0.273. The second-order valence-corrected chi connectivity index (χ2v) is 26.7. The molecule has 0 saturated carbocycles. The van der Waals surface area contributed by atoms with Crippen LogP contribution in [0.25, 0.3) is 66.1 Å². The number of fused-ring (bicyclic) bond motifs is 6. The van der Waals surface area contributed by atoms with E-state index >= 15 is 0 Å². The van der Waals surface area contributed by atoms with E-state index in [9.17, 15) is 8.78 Å². The summed E-state index contributed by atoms with van der Waals surface area (Å²) in [4.78, 5) is 2.29. The molecule has 0 aliphatic carbocycles. The first-order valence-corrected chi connectivity index (χ1v) is 29.0. The Balaban J connectivity index is 0.989. The molecule has 0 atom stereocenters. The van der Waals surface area contributed by atoms with Crippen molar-refractivity contribution in [1.29, 1.82) is 0 Å². The van der Waals surface area contributed by atoms with Crippen LogP contribution in [-0.4, -0.2) is 29.5 Å². The van der Waals surface area contributed by atoms with Crippen molar-refractivity contribution in [3.05, 3.63) is 279 Å². The van der Waals surface area contributed by atoms with E-state index < -0.39 is 13.3 Å². The zero-order valence-corrected chi connectivity index (χ0v) is 42.5. The fraction of sp³-hybridized carbons (Fsp3) is 0.0149. The molecule has 0 amide bonds. The van der Waals surface area contributed by atoms with Gasteiger partial charge in [0.1, 0.15) is 17.4 Å². The monoisotopic (exact) mass is 1020 g/mol. The predicted octanol–water partition coefficient (Wildman–Crippen LogP) is 14.7. The summed E-state index contributed by atoms with van der Waals surface area (Å²) in [5.41, 5.74) is 10.9. The van der Waals surface area contributed by atoms with Crippen LogP contribution < -0.4 is 27.2 Å². The summed E-state index contributed by atoms with van der Waals surface area (Å²) in [6, 6.07) is 92.4. The molecule has 2 heterocycles. The Morgan fingerprint density at radius 2 is 0.730 bits per heavy atom. The molecule has 0 unspecified atom stereocenters. The minimum Gasteiger partial charge on any atom is -0.0344 e. The van der Waals surface area contributed by atoms with Crippen LogP contribution in [-0.2, 0) is 0 Å². The maximum atomic E-state index is 14.6. The molecule has 0 aliphatic rings. The minimum atomic E-state index is -3.48. The number of ether oxygens (including phenoxy) is 1. The smallest absolute Gasteiger partial charge is 0.0179 e. The van der Waals surface area contributed by atoms with Gasteiger partial charge < -0.3 is 9.30 Å². The van der Waals surface area contributed by atoms with Crippen LogP contribution in [0.3, 0.4) is 0 Å². The summed E-state index contributed by atoms with van der Waals surface area (Å²) >= 11 is -3.48. The Morgan fingerprint density at radius 1 is 0.338 bits per heavy atom. The van der Waals surface area contributed by atoms with Crippen LogP contribution >= 0.6 is 0 Å². The molecule has 0 aliphatic heterocycles. The summed E-state index contributed by atoms with van der Waals surface area (Å²) in [5.74, 6) is 0.208. The van der Waals surface area contributed by atoms with Crippen LogP contribution in [0.2, 0.25) is 0 Å². The van der Waals surface area contributed by atoms with Crippen LogP contribution in [0, 0.1) is 11.6 Å². The molecular formula is C67H47F2GeN3O. The first-order chi connectivity index (χ1) is 36.5. The molecule has 74 heavy (non-hydrogen) atoms. The molecule has 4 nitrogen and oxygen atoms in total. The van der Waals surface area contributed by atoms with Gasteiger partial charge in [-0.05, 0) is 72.8 Å². The maximum Gasteiger partial charge on any atom is -0.0179 e. The van der Waals surface area contributed by atoms with Crippen molar-refractivity contribution >= 4 is 91.5 Å². The van der Waals surface area contributed by atoms with Crippen molar-refractivity contribution in [2.24, 2.45) is 0 Å². The van der Waals surface area contributed by atoms with Gasteiger partial charge in [0.05, 0.1) is 18.1 Å². The molecule has 0 saturated heterocycles. The number of nitrogens with zero attached hydrogens (tertiary/aromatic N) is 3. The number of aromatic nitrogens is 2. The number of hydrogen-bond donors (Lipinski definition) is 0. The third kappa shape index (κ3) is 7.56. The Kier molecular flexibility index (Phi) is 11.3. The standard InChI is InChI=1S/C67H47F2GeN3O/c1-74-59-38-34-54(35-39-59)71(57-36-41-66-62(44-57)60-19-11-12-20-64(60)72(66)55-30-24-48(68)25-31-55)58-37-42-67-63(45-58)61-43-47(23-40-65(61)73(67)56-32-26-49(69)27-33-56)46-21-28-53(29-22-46)70(50-13-5-2-6-14-50,51-15-7-3-8-16-51)52-17-9-4-10-18-52/h2-45H,1H3. The molecule has 13 rings (SSSR count). The van der Waals surface area contributed by atoms with Crippen LogP contribution in [0.4, 0.5) is 25.8 Å². The van der Waals surface area contributed by atoms with E-state index in [1.807, 2.05) is 42.5 Å². The topological polar surface area (TPSA) is 22.3 Å². The van der Waals surface area contributed by atoms with Gasteiger partial charge in [-0.3, -0.25) is 0 Å². The van der Waals surface area contributed by atoms with Gasteiger partial charge in [0.2, 0.25) is 0 Å². The van der Waals surface area contributed by atoms with Gasteiger partial charge in [-0.25, -0.2) is 8.78 Å². The quantitative estimate of drug-likeness (QED) is 0.121. The molecule has 7 heteroatoms. The van der Waals surface area contributed by atoms with E-state index in [2.05, 4.69) is 214 Å². The summed E-state index contributed by atoms with van der Waals surface area (Å²) in [5, 5.41) is 4.29. The molecule has 0 spiro atoms. The number of halogens is 2. The van der Waals surface area contributed by atoms with E-state index in [-0.39, 0.29) is 11.6 Å². The van der Waals surface area contributed by atoms with Crippen molar-refractivity contribution in [3.63, 3.8) is 0 Å². The van der Waals surface area contributed by atoms with Crippen molar-refractivity contribution < 1.29 is 13.5 Å². The summed E-state index contributed by atoms with van der Waals surface area (Å²) in [6.45, 7) is 0. The Bertz CT molecular complexity index is 4060. The zero-order chi connectivity index (χ0) is 49.8. The van der Waals surface area contributed by atoms with Crippen LogP contribution in [0.15, 0.2) is 267 Å². The third-order valence-corrected chi connectivity index (χ3v) is 24.8. The van der Waals surface area contributed by atoms with Gasteiger partial charge in [0.15, 0.2) is 0 Å². The molecule has 354 valence electrons. The molecule has 0 bridgehead atoms. The summed E-state index contributed by atoms with van der Waals surface area (Å²) in [7, 11) is 1.68. The second-order valence-electron chi connectivity index (χ2n) is 18.7. The van der Waals surface area contributed by atoms with Crippen molar-refractivity contribution in [3.8, 4) is 28.3 Å². The largest absolute Gasteiger partial charge is 0.0344 e. The van der Waals surface area contributed by atoms with E-state index in [1.54, 1.807) is 7.11 Å². The summed E-state index contributed by atoms with van der Waals surface area (Å²) in [6.07, 6.45) is 0. The Hall–Kier alpha value is -8.98. The van der Waals surface area contributed by atoms with E-state index in [4.69, 9.17) is 4.74 Å². The first kappa shape index (κ1) is 44.9. The molecule has 2 aromatic heterocycles. The number of hydrogen-bond acceptors (Lipinski definition) is 2. The average molecular weight is 1020 g/mol. The van der Waals surface area contributed by atoms with Crippen LogP contribution in [0.1, 0.15) is 0 Å². The van der Waals surface area contributed by atoms with E-state index in [1.165, 1.54) is 41.8 Å². The number of benzene rings is 11. The number of methoxy groups -OCH3 is 1. The van der Waals surface area contributed by atoms with Crippen molar-refractivity contribution in [2.45, 2.75) is 0 Å². The molecule has 13 aromatic rings. The number of para-hydroxylation sites is 1. The first-order valence-electron chi connectivity index (χ1n) is 24.8. The van der Waals surface area contributed by atoms with Crippen molar-refractivity contribution in [2.75, 3.05) is 12.0 Å². The fourth-order valence-corrected chi connectivity index (χ4v) is 21.3. The second kappa shape index (κ2) is 18.6. The van der Waals surface area contributed by atoms with E-state index in [0.29, 0.717) is 0 Å². The van der Waals surface area contributed by atoms with Gasteiger partial charge in [-0.1, -0.05) is 18.2 Å². The Labute approximate surface area is 430 Å². The molecule has 0 N–H and O–H groups in total. The van der Waals surface area contributed by atoms with Gasteiger partial charge in [-0.2, -0.15) is 0 Å². The molecule has 0 radical (unpaired) electrons. The predicted molar refractivity (Wildman–Crippen MR) is 305 cm³/mol. The Morgan fingerprint density at radius 3 is 1.23 bits per heavy atom. The molecular weight excluding hydrogens is 973 g/mol. The van der Waals surface area contributed by atoms with Gasteiger partial charge in [0, 0.05) is 16.5 Å². The SMILES string of the molecule is COc1ccc(N(c2ccc3c(c2)c2ccccc2n3-c2ccc(F)cc2)c2ccc3c(c2)c2cc(-c4cc[c]([Ge]([c]5ccccc5)([c]5ccccc5)[c]5ccccc5)cc4)ccc2n3-c2ccc(F)cc2)cc1. The average Bonchev–Trinajstić information content (AvgIpc) is 3.97. The third-order valence-electron chi connectivity index (χ3n) is 14.7. The zero-order valence-electron chi connectivity index (χ0n) is 40.4. The molecule has 0 fully saturated rings. The van der Waals surface area contributed by atoms with E-state index in [0.717, 1.165) is 88.9 Å². The number of rotatable bonds is 11. The van der Waals surface area contributed by atoms with Crippen molar-refractivity contribution in [1.82, 2.24) is 9.13 Å².